The molecule has 2 aromatic rings. The predicted octanol–water partition coefficient (Wildman–Crippen LogP) is 2.75. The molecular formula is C13H11NO3. The summed E-state index contributed by atoms with van der Waals surface area (Å²) in [5.74, 6) is 0. The van der Waals surface area contributed by atoms with Gasteiger partial charge in [-0.15, -0.1) is 0 Å². The summed E-state index contributed by atoms with van der Waals surface area (Å²) in [6, 6.07) is 13.8. The van der Waals surface area contributed by atoms with Crippen molar-refractivity contribution in [1.82, 2.24) is 0 Å². The van der Waals surface area contributed by atoms with Crippen molar-refractivity contribution in [2.45, 2.75) is 6.61 Å². The fourth-order valence-corrected chi connectivity index (χ4v) is 1.58. The van der Waals surface area contributed by atoms with Gasteiger partial charge < -0.3 is 5.11 Å². The van der Waals surface area contributed by atoms with Crippen molar-refractivity contribution in [2.75, 3.05) is 0 Å². The van der Waals surface area contributed by atoms with E-state index in [1.54, 1.807) is 12.1 Å². The quantitative estimate of drug-likeness (QED) is 0.650. The minimum Gasteiger partial charge on any atom is -0.392 e. The highest BCUT2D eigenvalue weighted by molar-refractivity contribution is 5.64. The van der Waals surface area contributed by atoms with Crippen LogP contribution in [-0.4, -0.2) is 10.0 Å². The molecule has 0 unspecified atom stereocenters. The van der Waals surface area contributed by atoms with Crippen LogP contribution in [0.15, 0.2) is 48.5 Å². The van der Waals surface area contributed by atoms with Crippen molar-refractivity contribution < 1.29 is 10.0 Å². The van der Waals surface area contributed by atoms with Gasteiger partial charge in [-0.25, -0.2) is 0 Å². The Labute approximate surface area is 98.3 Å². The number of non-ortho nitro benzene ring substituents is 1. The Morgan fingerprint density at radius 3 is 1.82 bits per heavy atom. The maximum atomic E-state index is 10.5. The van der Waals surface area contributed by atoms with Gasteiger partial charge in [0.25, 0.3) is 5.69 Å². The van der Waals surface area contributed by atoms with Gasteiger partial charge in [-0.3, -0.25) is 10.1 Å². The minimum atomic E-state index is -0.418. The molecule has 17 heavy (non-hydrogen) atoms. The first-order valence-electron chi connectivity index (χ1n) is 5.15. The van der Waals surface area contributed by atoms with Crippen LogP contribution in [0.5, 0.6) is 0 Å². The molecule has 1 N–H and O–H groups in total. The summed E-state index contributed by atoms with van der Waals surface area (Å²) < 4.78 is 0. The summed E-state index contributed by atoms with van der Waals surface area (Å²) in [5, 5.41) is 19.4. The number of nitro groups is 1. The van der Waals surface area contributed by atoms with Crippen LogP contribution in [0.1, 0.15) is 5.56 Å². The summed E-state index contributed by atoms with van der Waals surface area (Å²) in [7, 11) is 0. The molecule has 0 saturated carbocycles. The molecule has 0 bridgehead atoms. The van der Waals surface area contributed by atoms with E-state index < -0.39 is 4.92 Å². The second kappa shape index (κ2) is 4.76. The molecular weight excluding hydrogens is 218 g/mol. The number of nitrogens with zero attached hydrogens (tertiary/aromatic N) is 1. The Morgan fingerprint density at radius 1 is 0.941 bits per heavy atom. The summed E-state index contributed by atoms with van der Waals surface area (Å²) in [5.41, 5.74) is 2.81. The maximum Gasteiger partial charge on any atom is 0.269 e. The summed E-state index contributed by atoms with van der Waals surface area (Å²) in [4.78, 5) is 10.1. The standard InChI is InChI=1S/C13H11NO3/c15-9-10-1-3-11(4-2-10)12-5-7-13(8-6-12)14(16)17/h1-8,15H,9H2. The molecule has 0 fully saturated rings. The molecule has 2 rings (SSSR count). The van der Waals surface area contributed by atoms with Crippen molar-refractivity contribution in [3.63, 3.8) is 0 Å². The van der Waals surface area contributed by atoms with Gasteiger partial charge in [0.2, 0.25) is 0 Å². The van der Waals surface area contributed by atoms with Crippen LogP contribution in [-0.2, 0) is 6.61 Å². The molecule has 0 aromatic heterocycles. The zero-order chi connectivity index (χ0) is 12.3. The number of aliphatic hydroxyl groups is 1. The smallest absolute Gasteiger partial charge is 0.269 e. The second-order valence-corrected chi connectivity index (χ2v) is 3.66. The van der Waals surface area contributed by atoms with Crippen LogP contribution in [0.3, 0.4) is 0 Å². The minimum absolute atomic E-state index is 0.0144. The molecule has 0 aliphatic heterocycles. The molecule has 86 valence electrons. The first-order valence-corrected chi connectivity index (χ1v) is 5.15. The fourth-order valence-electron chi connectivity index (χ4n) is 1.58. The molecule has 0 heterocycles. The van der Waals surface area contributed by atoms with E-state index in [-0.39, 0.29) is 12.3 Å². The van der Waals surface area contributed by atoms with E-state index in [2.05, 4.69) is 0 Å². The Balaban J connectivity index is 2.29. The monoisotopic (exact) mass is 229 g/mol. The Hall–Kier alpha value is -2.20. The molecule has 0 spiro atoms. The SMILES string of the molecule is O=[N+]([O-])c1ccc(-c2ccc(CO)cc2)cc1. The van der Waals surface area contributed by atoms with Gasteiger partial charge in [0.05, 0.1) is 11.5 Å². The van der Waals surface area contributed by atoms with Crippen LogP contribution in [0.2, 0.25) is 0 Å². The third-order valence-electron chi connectivity index (χ3n) is 2.55. The van der Waals surface area contributed by atoms with Crippen molar-refractivity contribution in [3.8, 4) is 11.1 Å². The predicted molar refractivity (Wildman–Crippen MR) is 64.5 cm³/mol. The van der Waals surface area contributed by atoms with Crippen LogP contribution >= 0.6 is 0 Å². The van der Waals surface area contributed by atoms with Crippen LogP contribution in [0, 0.1) is 10.1 Å². The van der Waals surface area contributed by atoms with E-state index in [1.165, 1.54) is 12.1 Å². The van der Waals surface area contributed by atoms with Crippen LogP contribution in [0.25, 0.3) is 11.1 Å². The van der Waals surface area contributed by atoms with E-state index in [9.17, 15) is 10.1 Å². The lowest BCUT2D eigenvalue weighted by Crippen LogP contribution is -1.87. The molecule has 0 saturated heterocycles. The summed E-state index contributed by atoms with van der Waals surface area (Å²) in [6.45, 7) is 0.0144. The van der Waals surface area contributed by atoms with Crippen LogP contribution < -0.4 is 0 Å². The van der Waals surface area contributed by atoms with E-state index in [4.69, 9.17) is 5.11 Å². The van der Waals surface area contributed by atoms with Gasteiger partial charge in [0.1, 0.15) is 0 Å². The third kappa shape index (κ3) is 2.49. The molecule has 4 heteroatoms. The molecule has 0 aliphatic rings. The number of benzene rings is 2. The highest BCUT2D eigenvalue weighted by Gasteiger charge is 2.04. The normalized spacial score (nSPS) is 10.2. The highest BCUT2D eigenvalue weighted by Crippen LogP contribution is 2.22. The maximum absolute atomic E-state index is 10.5. The van der Waals surface area contributed by atoms with Gasteiger partial charge in [-0.05, 0) is 28.8 Å². The van der Waals surface area contributed by atoms with E-state index in [0.717, 1.165) is 16.7 Å². The first kappa shape index (κ1) is 11.3. The fraction of sp³-hybridized carbons (Fsp3) is 0.0769. The number of nitro benzene ring substituents is 1. The zero-order valence-corrected chi connectivity index (χ0v) is 9.04. The Kier molecular flexibility index (Phi) is 3.16. The Bertz CT molecular complexity index is 517. The van der Waals surface area contributed by atoms with Gasteiger partial charge in [0, 0.05) is 12.1 Å². The van der Waals surface area contributed by atoms with Crippen molar-refractivity contribution in [1.29, 1.82) is 0 Å². The zero-order valence-electron chi connectivity index (χ0n) is 9.04. The van der Waals surface area contributed by atoms with E-state index in [0.29, 0.717) is 0 Å². The molecule has 0 atom stereocenters. The molecule has 4 nitrogen and oxygen atoms in total. The van der Waals surface area contributed by atoms with Crippen molar-refractivity contribution >= 4 is 5.69 Å². The highest BCUT2D eigenvalue weighted by atomic mass is 16.6. The number of rotatable bonds is 3. The molecule has 0 aliphatic carbocycles. The number of hydrogen-bond acceptors (Lipinski definition) is 3. The molecule has 0 amide bonds. The lowest BCUT2D eigenvalue weighted by molar-refractivity contribution is -0.384. The Morgan fingerprint density at radius 2 is 1.41 bits per heavy atom. The average molecular weight is 229 g/mol. The lowest BCUT2D eigenvalue weighted by atomic mass is 10.0. The van der Waals surface area contributed by atoms with E-state index >= 15 is 0 Å². The molecule has 0 radical (unpaired) electrons. The largest absolute Gasteiger partial charge is 0.392 e. The number of aliphatic hydroxyl groups excluding tert-OH is 1. The van der Waals surface area contributed by atoms with Gasteiger partial charge in [-0.1, -0.05) is 24.3 Å². The molecule has 2 aromatic carbocycles. The number of hydrogen-bond donors (Lipinski definition) is 1. The lowest BCUT2D eigenvalue weighted by Gasteiger charge is -2.02. The third-order valence-corrected chi connectivity index (χ3v) is 2.55. The van der Waals surface area contributed by atoms with Crippen molar-refractivity contribution in [3.05, 3.63) is 64.2 Å². The van der Waals surface area contributed by atoms with Gasteiger partial charge in [0.15, 0.2) is 0 Å². The summed E-state index contributed by atoms with van der Waals surface area (Å²) >= 11 is 0. The average Bonchev–Trinajstić information content (AvgIpc) is 2.39. The second-order valence-electron chi connectivity index (χ2n) is 3.66. The van der Waals surface area contributed by atoms with Crippen molar-refractivity contribution in [2.24, 2.45) is 0 Å². The first-order chi connectivity index (χ1) is 8.20. The summed E-state index contributed by atoms with van der Waals surface area (Å²) in [6.07, 6.45) is 0. The van der Waals surface area contributed by atoms with Gasteiger partial charge >= 0.3 is 0 Å². The van der Waals surface area contributed by atoms with E-state index in [1.807, 2.05) is 24.3 Å². The topological polar surface area (TPSA) is 63.4 Å². The van der Waals surface area contributed by atoms with Crippen LogP contribution in [0.4, 0.5) is 5.69 Å². The van der Waals surface area contributed by atoms with Gasteiger partial charge in [-0.2, -0.15) is 0 Å².